The molecule has 1 heterocycles. The Balaban J connectivity index is 1.63. The standard InChI is InChI=1S/C13H24N2O2S/c1-13(2,3)17-12(16)15-11-7-10(11)14-9-5-4-6-18-8-9/h9-11,14H,4-8H2,1-3H3,(H,15,16). The van der Waals surface area contributed by atoms with Crippen molar-refractivity contribution >= 4 is 17.9 Å². The van der Waals surface area contributed by atoms with E-state index in [2.05, 4.69) is 10.6 Å². The van der Waals surface area contributed by atoms with Gasteiger partial charge < -0.3 is 15.4 Å². The van der Waals surface area contributed by atoms with Crippen LogP contribution in [0.1, 0.15) is 40.0 Å². The van der Waals surface area contributed by atoms with Crippen molar-refractivity contribution in [1.82, 2.24) is 10.6 Å². The molecule has 2 N–H and O–H groups in total. The van der Waals surface area contributed by atoms with Gasteiger partial charge in [-0.3, -0.25) is 0 Å². The highest BCUT2D eigenvalue weighted by atomic mass is 32.2. The molecule has 1 aliphatic heterocycles. The van der Waals surface area contributed by atoms with Gasteiger partial charge in [0.25, 0.3) is 0 Å². The number of amides is 1. The van der Waals surface area contributed by atoms with Gasteiger partial charge in [-0.1, -0.05) is 0 Å². The van der Waals surface area contributed by atoms with Crippen LogP contribution < -0.4 is 10.6 Å². The Bertz CT molecular complexity index is 298. The van der Waals surface area contributed by atoms with Crippen molar-refractivity contribution in [2.24, 2.45) is 0 Å². The number of hydrogen-bond donors (Lipinski definition) is 2. The van der Waals surface area contributed by atoms with Crippen molar-refractivity contribution in [3.05, 3.63) is 0 Å². The summed E-state index contributed by atoms with van der Waals surface area (Å²) in [6.07, 6.45) is 3.30. The topological polar surface area (TPSA) is 50.4 Å². The lowest BCUT2D eigenvalue weighted by Gasteiger charge is -2.23. The van der Waals surface area contributed by atoms with Crippen LogP contribution in [0.25, 0.3) is 0 Å². The minimum atomic E-state index is -0.415. The fourth-order valence-electron chi connectivity index (χ4n) is 2.17. The predicted octanol–water partition coefficient (Wildman–Crippen LogP) is 2.14. The van der Waals surface area contributed by atoms with E-state index in [9.17, 15) is 4.79 Å². The molecule has 0 aromatic rings. The van der Waals surface area contributed by atoms with Crippen LogP contribution in [0.5, 0.6) is 0 Å². The summed E-state index contributed by atoms with van der Waals surface area (Å²) in [4.78, 5) is 11.6. The molecule has 2 rings (SSSR count). The van der Waals surface area contributed by atoms with Crippen LogP contribution in [0.15, 0.2) is 0 Å². The normalized spacial score (nSPS) is 31.8. The Hall–Kier alpha value is -0.420. The van der Waals surface area contributed by atoms with Crippen LogP contribution in [0.2, 0.25) is 0 Å². The van der Waals surface area contributed by atoms with Crippen molar-refractivity contribution in [2.75, 3.05) is 11.5 Å². The molecule has 104 valence electrons. The molecule has 2 fully saturated rings. The van der Waals surface area contributed by atoms with Crippen molar-refractivity contribution in [1.29, 1.82) is 0 Å². The first-order valence-electron chi connectivity index (χ1n) is 6.77. The quantitative estimate of drug-likeness (QED) is 0.826. The van der Waals surface area contributed by atoms with Crippen molar-refractivity contribution in [3.63, 3.8) is 0 Å². The second-order valence-corrected chi connectivity index (χ2v) is 7.33. The Morgan fingerprint density at radius 2 is 2.11 bits per heavy atom. The highest BCUT2D eigenvalue weighted by Gasteiger charge is 2.40. The summed E-state index contributed by atoms with van der Waals surface area (Å²) in [5.74, 6) is 2.50. The second-order valence-electron chi connectivity index (χ2n) is 6.18. The lowest BCUT2D eigenvalue weighted by molar-refractivity contribution is 0.0522. The summed E-state index contributed by atoms with van der Waals surface area (Å²) in [5, 5.41) is 6.54. The van der Waals surface area contributed by atoms with E-state index in [0.717, 1.165) is 6.42 Å². The maximum absolute atomic E-state index is 11.6. The molecule has 0 radical (unpaired) electrons. The van der Waals surface area contributed by atoms with Gasteiger partial charge in [0, 0.05) is 23.9 Å². The Morgan fingerprint density at radius 3 is 2.72 bits per heavy atom. The minimum absolute atomic E-state index is 0.256. The molecule has 0 aromatic carbocycles. The van der Waals surface area contributed by atoms with Gasteiger partial charge in [0.15, 0.2) is 0 Å². The molecule has 5 heteroatoms. The van der Waals surface area contributed by atoms with E-state index in [0.29, 0.717) is 12.1 Å². The summed E-state index contributed by atoms with van der Waals surface area (Å²) in [7, 11) is 0. The first-order valence-corrected chi connectivity index (χ1v) is 7.93. The fourth-order valence-corrected chi connectivity index (χ4v) is 3.26. The monoisotopic (exact) mass is 272 g/mol. The van der Waals surface area contributed by atoms with Crippen LogP contribution >= 0.6 is 11.8 Å². The smallest absolute Gasteiger partial charge is 0.407 e. The molecule has 1 saturated carbocycles. The molecule has 0 bridgehead atoms. The molecule has 18 heavy (non-hydrogen) atoms. The molecule has 2 aliphatic rings. The predicted molar refractivity (Wildman–Crippen MR) is 75.0 cm³/mol. The van der Waals surface area contributed by atoms with Crippen LogP contribution in [0, 0.1) is 0 Å². The highest BCUT2D eigenvalue weighted by Crippen LogP contribution is 2.25. The van der Waals surface area contributed by atoms with Gasteiger partial charge in [0.05, 0.1) is 0 Å². The molecule has 1 aliphatic carbocycles. The molecular weight excluding hydrogens is 248 g/mol. The van der Waals surface area contributed by atoms with E-state index in [1.165, 1.54) is 24.3 Å². The summed E-state index contributed by atoms with van der Waals surface area (Å²) < 4.78 is 5.24. The molecule has 1 amide bonds. The van der Waals surface area contributed by atoms with Crippen LogP contribution in [-0.4, -0.2) is 41.3 Å². The third-order valence-corrected chi connectivity index (χ3v) is 4.32. The van der Waals surface area contributed by atoms with Gasteiger partial charge in [-0.05, 0) is 45.8 Å². The number of rotatable bonds is 3. The molecule has 4 nitrogen and oxygen atoms in total. The van der Waals surface area contributed by atoms with E-state index in [4.69, 9.17) is 4.74 Å². The number of ether oxygens (including phenoxy) is 1. The molecular formula is C13H24N2O2S. The zero-order valence-corrected chi connectivity index (χ0v) is 12.3. The average Bonchev–Trinajstić information content (AvgIpc) is 2.94. The van der Waals surface area contributed by atoms with Gasteiger partial charge in [-0.15, -0.1) is 0 Å². The third kappa shape index (κ3) is 4.69. The van der Waals surface area contributed by atoms with Gasteiger partial charge in [-0.25, -0.2) is 4.79 Å². The van der Waals surface area contributed by atoms with Crippen LogP contribution in [0.3, 0.4) is 0 Å². The van der Waals surface area contributed by atoms with Crippen molar-refractivity contribution in [2.45, 2.75) is 63.8 Å². The van der Waals surface area contributed by atoms with E-state index < -0.39 is 5.60 Å². The zero-order valence-electron chi connectivity index (χ0n) is 11.5. The number of carbonyl (C=O) groups excluding carboxylic acids is 1. The number of nitrogens with one attached hydrogen (secondary N) is 2. The van der Waals surface area contributed by atoms with E-state index >= 15 is 0 Å². The van der Waals surface area contributed by atoms with Gasteiger partial charge in [-0.2, -0.15) is 11.8 Å². The lowest BCUT2D eigenvalue weighted by Crippen LogP contribution is -2.40. The molecule has 3 unspecified atom stereocenters. The maximum Gasteiger partial charge on any atom is 0.407 e. The molecule has 3 atom stereocenters. The fraction of sp³-hybridized carbons (Fsp3) is 0.923. The first kappa shape index (κ1) is 14.0. The SMILES string of the molecule is CC(C)(C)OC(=O)NC1CC1NC1CCCSC1. The van der Waals surface area contributed by atoms with E-state index in [1.54, 1.807) is 0 Å². The average molecular weight is 272 g/mol. The third-order valence-electron chi connectivity index (χ3n) is 3.10. The molecule has 0 spiro atoms. The summed E-state index contributed by atoms with van der Waals surface area (Å²) in [5.41, 5.74) is -0.415. The highest BCUT2D eigenvalue weighted by molar-refractivity contribution is 7.99. The zero-order chi connectivity index (χ0) is 13.2. The summed E-state index contributed by atoms with van der Waals surface area (Å²) in [6, 6.07) is 1.33. The van der Waals surface area contributed by atoms with Crippen LogP contribution in [0.4, 0.5) is 4.79 Å². The lowest BCUT2D eigenvalue weighted by atomic mass is 10.2. The number of carbonyl (C=O) groups is 1. The van der Waals surface area contributed by atoms with E-state index in [1.807, 2.05) is 32.5 Å². The van der Waals surface area contributed by atoms with Gasteiger partial charge in [0.2, 0.25) is 0 Å². The van der Waals surface area contributed by atoms with Crippen molar-refractivity contribution in [3.8, 4) is 0 Å². The minimum Gasteiger partial charge on any atom is -0.444 e. The van der Waals surface area contributed by atoms with Crippen molar-refractivity contribution < 1.29 is 9.53 Å². The molecule has 1 saturated heterocycles. The number of hydrogen-bond acceptors (Lipinski definition) is 4. The van der Waals surface area contributed by atoms with Crippen LogP contribution in [-0.2, 0) is 4.74 Å². The Labute approximate surface area is 114 Å². The second kappa shape index (κ2) is 5.70. The maximum atomic E-state index is 11.6. The van der Waals surface area contributed by atoms with Gasteiger partial charge >= 0.3 is 6.09 Å². The Kier molecular flexibility index (Phi) is 4.43. The number of thioether (sulfide) groups is 1. The van der Waals surface area contributed by atoms with E-state index in [-0.39, 0.29) is 12.1 Å². The van der Waals surface area contributed by atoms with Gasteiger partial charge in [0.1, 0.15) is 5.60 Å². The molecule has 0 aromatic heterocycles. The first-order chi connectivity index (χ1) is 8.44. The summed E-state index contributed by atoms with van der Waals surface area (Å²) in [6.45, 7) is 5.65. The largest absolute Gasteiger partial charge is 0.444 e. The number of alkyl carbamates (subject to hydrolysis) is 1. The summed E-state index contributed by atoms with van der Waals surface area (Å²) >= 11 is 2.02. The Morgan fingerprint density at radius 1 is 1.33 bits per heavy atom.